The Morgan fingerprint density at radius 1 is 0.889 bits per heavy atom. The topological polar surface area (TPSA) is 12.0 Å². The lowest BCUT2D eigenvalue weighted by atomic mass is 9.96. The fourth-order valence-electron chi connectivity index (χ4n) is 2.13. The van der Waals surface area contributed by atoms with Crippen molar-refractivity contribution in [1.29, 1.82) is 0 Å². The van der Waals surface area contributed by atoms with Crippen LogP contribution in [0.5, 0.6) is 0 Å². The molecule has 0 radical (unpaired) electrons. The van der Waals surface area contributed by atoms with Crippen LogP contribution < -0.4 is 5.32 Å². The van der Waals surface area contributed by atoms with Crippen molar-refractivity contribution in [3.8, 4) is 0 Å². The van der Waals surface area contributed by atoms with Crippen LogP contribution in [0.4, 0.5) is 0 Å². The summed E-state index contributed by atoms with van der Waals surface area (Å²) in [6.07, 6.45) is 0. The molecule has 0 saturated heterocycles. The monoisotopic (exact) mass is 303 g/mol. The van der Waals surface area contributed by atoms with Crippen molar-refractivity contribution < 1.29 is 0 Å². The Morgan fingerprint density at radius 2 is 1.50 bits per heavy atom. The maximum Gasteiger partial charge on any atom is 0.0574 e. The lowest BCUT2D eigenvalue weighted by Gasteiger charge is -2.18. The van der Waals surface area contributed by atoms with Crippen molar-refractivity contribution in [3.63, 3.8) is 0 Å². The molecule has 1 atom stereocenters. The van der Waals surface area contributed by atoms with E-state index in [1.807, 2.05) is 7.05 Å². The molecule has 0 aliphatic carbocycles. The molecule has 2 heteroatoms. The molecule has 0 aliphatic rings. The van der Waals surface area contributed by atoms with E-state index >= 15 is 0 Å². The fourth-order valence-corrected chi connectivity index (χ4v) is 2.39. The average molecular weight is 304 g/mol. The average Bonchev–Trinajstić information content (AvgIpc) is 2.37. The Labute approximate surface area is 117 Å². The Morgan fingerprint density at radius 3 is 2.06 bits per heavy atom. The predicted octanol–water partition coefficient (Wildman–Crippen LogP) is 4.37. The Bertz CT molecular complexity index is 531. The molecular formula is C16H18BrN. The summed E-state index contributed by atoms with van der Waals surface area (Å²) in [5.74, 6) is 0. The molecule has 18 heavy (non-hydrogen) atoms. The van der Waals surface area contributed by atoms with Gasteiger partial charge in [-0.25, -0.2) is 0 Å². The van der Waals surface area contributed by atoms with E-state index in [2.05, 4.69) is 77.6 Å². The summed E-state index contributed by atoms with van der Waals surface area (Å²) >= 11 is 3.47. The summed E-state index contributed by atoms with van der Waals surface area (Å²) in [6, 6.07) is 15.4. The summed E-state index contributed by atoms with van der Waals surface area (Å²) in [7, 11) is 2.00. The van der Waals surface area contributed by atoms with Crippen molar-refractivity contribution in [2.45, 2.75) is 19.9 Å². The third-order valence-electron chi connectivity index (χ3n) is 3.36. The van der Waals surface area contributed by atoms with E-state index < -0.39 is 0 Å². The molecule has 2 aromatic carbocycles. The Balaban J connectivity index is 2.38. The van der Waals surface area contributed by atoms with Crippen molar-refractivity contribution in [3.05, 3.63) is 69.2 Å². The van der Waals surface area contributed by atoms with Crippen LogP contribution in [0.15, 0.2) is 46.9 Å². The lowest BCUT2D eigenvalue weighted by molar-refractivity contribution is 0.691. The van der Waals surface area contributed by atoms with Crippen LogP contribution >= 0.6 is 15.9 Å². The minimum atomic E-state index is 0.248. The highest BCUT2D eigenvalue weighted by atomic mass is 79.9. The second kappa shape index (κ2) is 5.68. The second-order valence-electron chi connectivity index (χ2n) is 4.62. The van der Waals surface area contributed by atoms with Crippen LogP contribution in [0.1, 0.15) is 28.3 Å². The van der Waals surface area contributed by atoms with Crippen LogP contribution in [0.25, 0.3) is 0 Å². The van der Waals surface area contributed by atoms with Crippen LogP contribution in [0, 0.1) is 13.8 Å². The first kappa shape index (κ1) is 13.3. The molecule has 0 bridgehead atoms. The first-order valence-electron chi connectivity index (χ1n) is 6.11. The van der Waals surface area contributed by atoms with Crippen LogP contribution in [-0.2, 0) is 0 Å². The first-order valence-corrected chi connectivity index (χ1v) is 6.91. The highest BCUT2D eigenvalue weighted by molar-refractivity contribution is 9.10. The third-order valence-corrected chi connectivity index (χ3v) is 3.88. The molecule has 94 valence electrons. The molecule has 0 spiro atoms. The van der Waals surface area contributed by atoms with Gasteiger partial charge in [-0.2, -0.15) is 0 Å². The smallest absolute Gasteiger partial charge is 0.0574 e. The van der Waals surface area contributed by atoms with Gasteiger partial charge in [0.15, 0.2) is 0 Å². The van der Waals surface area contributed by atoms with E-state index in [1.165, 1.54) is 22.3 Å². The highest BCUT2D eigenvalue weighted by Gasteiger charge is 2.12. The molecule has 0 amide bonds. The van der Waals surface area contributed by atoms with Crippen LogP contribution in [-0.4, -0.2) is 7.05 Å². The molecule has 1 unspecified atom stereocenters. The van der Waals surface area contributed by atoms with Crippen LogP contribution in [0.2, 0.25) is 0 Å². The number of hydrogen-bond donors (Lipinski definition) is 1. The molecule has 0 aliphatic heterocycles. The summed E-state index contributed by atoms with van der Waals surface area (Å²) in [6.45, 7) is 4.31. The van der Waals surface area contributed by atoms with Gasteiger partial charge in [0.2, 0.25) is 0 Å². The molecule has 0 heterocycles. The number of hydrogen-bond acceptors (Lipinski definition) is 1. The summed E-state index contributed by atoms with van der Waals surface area (Å²) < 4.78 is 1.11. The summed E-state index contributed by atoms with van der Waals surface area (Å²) in [5, 5.41) is 3.39. The van der Waals surface area contributed by atoms with Gasteiger partial charge in [-0.3, -0.25) is 0 Å². The van der Waals surface area contributed by atoms with Crippen molar-refractivity contribution in [2.24, 2.45) is 0 Å². The van der Waals surface area contributed by atoms with Crippen molar-refractivity contribution in [2.75, 3.05) is 7.05 Å². The number of aryl methyl sites for hydroxylation is 2. The van der Waals surface area contributed by atoms with Gasteiger partial charge < -0.3 is 5.32 Å². The van der Waals surface area contributed by atoms with Crippen molar-refractivity contribution >= 4 is 15.9 Å². The van der Waals surface area contributed by atoms with Gasteiger partial charge in [-0.15, -0.1) is 0 Å². The van der Waals surface area contributed by atoms with E-state index in [-0.39, 0.29) is 6.04 Å². The van der Waals surface area contributed by atoms with E-state index in [0.717, 1.165) is 4.47 Å². The lowest BCUT2D eigenvalue weighted by Crippen LogP contribution is -2.17. The van der Waals surface area contributed by atoms with Crippen LogP contribution in [0.3, 0.4) is 0 Å². The third kappa shape index (κ3) is 2.82. The van der Waals surface area contributed by atoms with Crippen molar-refractivity contribution in [1.82, 2.24) is 5.32 Å². The number of nitrogens with one attached hydrogen (secondary N) is 1. The first-order chi connectivity index (χ1) is 8.61. The number of rotatable bonds is 3. The van der Waals surface area contributed by atoms with Gasteiger partial charge in [0, 0.05) is 4.47 Å². The zero-order valence-electron chi connectivity index (χ0n) is 11.0. The van der Waals surface area contributed by atoms with E-state index in [1.54, 1.807) is 0 Å². The van der Waals surface area contributed by atoms with E-state index in [9.17, 15) is 0 Å². The van der Waals surface area contributed by atoms with E-state index in [4.69, 9.17) is 0 Å². The molecule has 0 aromatic heterocycles. The minimum Gasteiger partial charge on any atom is -0.309 e. The zero-order valence-corrected chi connectivity index (χ0v) is 12.6. The Hall–Kier alpha value is -1.12. The standard InChI is InChI=1S/C16H18BrN/c1-11-4-5-14(10-12(11)2)16(18-3)13-6-8-15(17)9-7-13/h4-10,16,18H,1-3H3. The normalized spacial score (nSPS) is 12.4. The fraction of sp³-hybridized carbons (Fsp3) is 0.250. The van der Waals surface area contributed by atoms with Gasteiger partial charge in [0.1, 0.15) is 0 Å². The van der Waals surface area contributed by atoms with Gasteiger partial charge in [-0.05, 0) is 55.3 Å². The van der Waals surface area contributed by atoms with E-state index in [0.29, 0.717) is 0 Å². The molecule has 0 fully saturated rings. The molecule has 2 rings (SSSR count). The maximum absolute atomic E-state index is 3.47. The number of benzene rings is 2. The van der Waals surface area contributed by atoms with Gasteiger partial charge in [0.05, 0.1) is 6.04 Å². The van der Waals surface area contributed by atoms with Gasteiger partial charge >= 0.3 is 0 Å². The predicted molar refractivity (Wildman–Crippen MR) is 81.0 cm³/mol. The highest BCUT2D eigenvalue weighted by Crippen LogP contribution is 2.24. The molecule has 1 nitrogen and oxygen atoms in total. The zero-order chi connectivity index (χ0) is 13.1. The Kier molecular flexibility index (Phi) is 4.20. The maximum atomic E-state index is 3.47. The largest absolute Gasteiger partial charge is 0.309 e. The summed E-state index contributed by atoms with van der Waals surface area (Å²) in [5.41, 5.74) is 5.26. The number of halogens is 1. The molecular weight excluding hydrogens is 286 g/mol. The second-order valence-corrected chi connectivity index (χ2v) is 5.53. The summed E-state index contributed by atoms with van der Waals surface area (Å²) in [4.78, 5) is 0. The molecule has 0 saturated carbocycles. The molecule has 2 aromatic rings. The molecule has 1 N–H and O–H groups in total. The SMILES string of the molecule is CNC(c1ccc(Br)cc1)c1ccc(C)c(C)c1. The quantitative estimate of drug-likeness (QED) is 0.887. The van der Waals surface area contributed by atoms with Gasteiger partial charge in [0.25, 0.3) is 0 Å². The van der Waals surface area contributed by atoms with Gasteiger partial charge in [-0.1, -0.05) is 46.3 Å². The minimum absolute atomic E-state index is 0.248.